The highest BCUT2D eigenvalue weighted by atomic mass is 127. The maximum absolute atomic E-state index is 4.29. The lowest BCUT2D eigenvalue weighted by atomic mass is 10.1. The average Bonchev–Trinajstić information content (AvgIpc) is 2.47. The maximum atomic E-state index is 4.29. The molecule has 1 aromatic carbocycles. The lowest BCUT2D eigenvalue weighted by Gasteiger charge is -2.23. The summed E-state index contributed by atoms with van der Waals surface area (Å²) in [5, 5.41) is 6.77. The Labute approximate surface area is 162 Å². The van der Waals surface area contributed by atoms with Gasteiger partial charge in [-0.15, -0.1) is 24.0 Å². The van der Waals surface area contributed by atoms with E-state index in [9.17, 15) is 0 Å². The first-order chi connectivity index (χ1) is 10.4. The van der Waals surface area contributed by atoms with E-state index in [0.717, 1.165) is 25.6 Å². The van der Waals surface area contributed by atoms with Gasteiger partial charge in [-0.25, -0.2) is 0 Å². The number of benzene rings is 1. The fourth-order valence-corrected chi connectivity index (χ4v) is 2.19. The van der Waals surface area contributed by atoms with Crippen LogP contribution in [-0.4, -0.2) is 49.6 Å². The van der Waals surface area contributed by atoms with Crippen LogP contribution in [0, 0.1) is 0 Å². The van der Waals surface area contributed by atoms with Gasteiger partial charge in [-0.1, -0.05) is 24.3 Å². The zero-order valence-electron chi connectivity index (χ0n) is 15.1. The summed E-state index contributed by atoms with van der Waals surface area (Å²) in [6.45, 7) is 7.07. The standard InChI is InChI=1S/C17H30N4S.HI/c1-17(2,22-6)13-20-16(18-3)19-11-14-8-7-9-15(10-14)12-21(4)5;/h7-10H,11-13H2,1-6H3,(H2,18,19,20);1H. The molecule has 0 radical (unpaired) electrons. The highest BCUT2D eigenvalue weighted by Gasteiger charge is 2.15. The van der Waals surface area contributed by atoms with Crippen LogP contribution in [0.1, 0.15) is 25.0 Å². The number of guanidine groups is 1. The molecule has 0 aliphatic carbocycles. The van der Waals surface area contributed by atoms with Crippen LogP contribution < -0.4 is 10.6 Å². The third-order valence-electron chi connectivity index (χ3n) is 3.41. The van der Waals surface area contributed by atoms with Crippen molar-refractivity contribution in [2.45, 2.75) is 31.7 Å². The molecular formula is C17H31IN4S. The number of nitrogens with one attached hydrogen (secondary N) is 2. The molecule has 0 aliphatic heterocycles. The Bertz CT molecular complexity index is 489. The predicted molar refractivity (Wildman–Crippen MR) is 115 cm³/mol. The molecule has 0 aliphatic rings. The molecule has 23 heavy (non-hydrogen) atoms. The molecule has 0 bridgehead atoms. The van der Waals surface area contributed by atoms with Crippen molar-refractivity contribution in [2.24, 2.45) is 4.99 Å². The molecule has 132 valence electrons. The number of hydrogen-bond donors (Lipinski definition) is 2. The van der Waals surface area contributed by atoms with E-state index >= 15 is 0 Å². The Kier molecular flexibility index (Phi) is 10.9. The van der Waals surface area contributed by atoms with E-state index in [4.69, 9.17) is 0 Å². The van der Waals surface area contributed by atoms with Crippen LogP contribution in [0.25, 0.3) is 0 Å². The smallest absolute Gasteiger partial charge is 0.191 e. The van der Waals surface area contributed by atoms with E-state index < -0.39 is 0 Å². The second-order valence-electron chi connectivity index (χ2n) is 6.30. The van der Waals surface area contributed by atoms with Crippen LogP contribution in [0.15, 0.2) is 29.3 Å². The van der Waals surface area contributed by atoms with Crippen molar-refractivity contribution in [1.29, 1.82) is 0 Å². The number of thioether (sulfide) groups is 1. The lowest BCUT2D eigenvalue weighted by Crippen LogP contribution is -2.43. The lowest BCUT2D eigenvalue weighted by molar-refractivity contribution is 0.402. The Morgan fingerprint density at radius 2 is 1.87 bits per heavy atom. The summed E-state index contributed by atoms with van der Waals surface area (Å²) >= 11 is 1.85. The topological polar surface area (TPSA) is 39.7 Å². The normalized spacial score (nSPS) is 12.0. The second-order valence-corrected chi connectivity index (χ2v) is 7.81. The summed E-state index contributed by atoms with van der Waals surface area (Å²) in [4.78, 5) is 6.47. The van der Waals surface area contributed by atoms with Crippen molar-refractivity contribution in [1.82, 2.24) is 15.5 Å². The van der Waals surface area contributed by atoms with E-state index in [2.05, 4.69) is 79.0 Å². The van der Waals surface area contributed by atoms with Gasteiger partial charge >= 0.3 is 0 Å². The van der Waals surface area contributed by atoms with Gasteiger partial charge in [-0.2, -0.15) is 11.8 Å². The fraction of sp³-hybridized carbons (Fsp3) is 0.588. The quantitative estimate of drug-likeness (QED) is 0.381. The van der Waals surface area contributed by atoms with E-state index in [1.165, 1.54) is 11.1 Å². The molecule has 1 rings (SSSR count). The van der Waals surface area contributed by atoms with Crippen LogP contribution in [0.3, 0.4) is 0 Å². The largest absolute Gasteiger partial charge is 0.355 e. The maximum Gasteiger partial charge on any atom is 0.191 e. The molecule has 6 heteroatoms. The van der Waals surface area contributed by atoms with Gasteiger partial charge in [0.2, 0.25) is 0 Å². The second kappa shape index (κ2) is 11.1. The first kappa shape index (κ1) is 22.5. The molecule has 0 atom stereocenters. The zero-order valence-corrected chi connectivity index (χ0v) is 18.3. The van der Waals surface area contributed by atoms with Crippen molar-refractivity contribution in [3.05, 3.63) is 35.4 Å². The average molecular weight is 450 g/mol. The molecule has 0 aromatic heterocycles. The van der Waals surface area contributed by atoms with Crippen LogP contribution in [-0.2, 0) is 13.1 Å². The molecule has 1 aromatic rings. The number of aliphatic imine (C=N–C) groups is 1. The minimum absolute atomic E-state index is 0. The van der Waals surface area contributed by atoms with Crippen LogP contribution in [0.5, 0.6) is 0 Å². The summed E-state index contributed by atoms with van der Waals surface area (Å²) in [6, 6.07) is 8.66. The van der Waals surface area contributed by atoms with Crippen LogP contribution in [0.2, 0.25) is 0 Å². The zero-order chi connectivity index (χ0) is 16.6. The van der Waals surface area contributed by atoms with E-state index in [1.807, 2.05) is 18.8 Å². The van der Waals surface area contributed by atoms with Crippen LogP contribution >= 0.6 is 35.7 Å². The first-order valence-electron chi connectivity index (χ1n) is 7.58. The van der Waals surface area contributed by atoms with Crippen molar-refractivity contribution in [3.8, 4) is 0 Å². The van der Waals surface area contributed by atoms with Gasteiger partial charge in [0, 0.05) is 31.4 Å². The summed E-state index contributed by atoms with van der Waals surface area (Å²) in [5.74, 6) is 0.847. The summed E-state index contributed by atoms with van der Waals surface area (Å²) in [5.41, 5.74) is 2.60. The monoisotopic (exact) mass is 450 g/mol. The number of nitrogens with zero attached hydrogens (tertiary/aromatic N) is 2. The van der Waals surface area contributed by atoms with E-state index in [1.54, 1.807) is 0 Å². The number of halogens is 1. The Balaban J connectivity index is 0.00000484. The molecule has 0 fully saturated rings. The molecular weight excluding hydrogens is 419 g/mol. The Morgan fingerprint density at radius 3 is 2.43 bits per heavy atom. The third kappa shape index (κ3) is 9.42. The molecule has 0 saturated carbocycles. The van der Waals surface area contributed by atoms with Gasteiger partial charge in [-0.05, 0) is 45.3 Å². The number of hydrogen-bond acceptors (Lipinski definition) is 3. The molecule has 0 heterocycles. The van der Waals surface area contributed by atoms with Gasteiger partial charge < -0.3 is 15.5 Å². The predicted octanol–water partition coefficient (Wildman–Crippen LogP) is 3.17. The Hall–Kier alpha value is -0.470. The van der Waals surface area contributed by atoms with Crippen molar-refractivity contribution < 1.29 is 0 Å². The van der Waals surface area contributed by atoms with Gasteiger partial charge in [0.05, 0.1) is 0 Å². The summed E-state index contributed by atoms with van der Waals surface area (Å²) < 4.78 is 0.198. The van der Waals surface area contributed by atoms with Crippen molar-refractivity contribution in [3.63, 3.8) is 0 Å². The first-order valence-corrected chi connectivity index (χ1v) is 8.81. The fourth-order valence-electron chi connectivity index (χ4n) is 1.98. The van der Waals surface area contributed by atoms with Gasteiger partial charge in [0.25, 0.3) is 0 Å². The van der Waals surface area contributed by atoms with Crippen molar-refractivity contribution >= 4 is 41.7 Å². The molecule has 0 amide bonds. The molecule has 4 nitrogen and oxygen atoms in total. The SMILES string of the molecule is CN=C(NCc1cccc(CN(C)C)c1)NCC(C)(C)SC.I. The summed E-state index contributed by atoms with van der Waals surface area (Å²) in [7, 11) is 5.98. The molecule has 0 unspecified atom stereocenters. The summed E-state index contributed by atoms with van der Waals surface area (Å²) in [6.07, 6.45) is 2.13. The van der Waals surface area contributed by atoms with Gasteiger partial charge in [-0.3, -0.25) is 4.99 Å². The van der Waals surface area contributed by atoms with Gasteiger partial charge in [0.1, 0.15) is 0 Å². The van der Waals surface area contributed by atoms with Crippen molar-refractivity contribution in [2.75, 3.05) is 33.9 Å². The molecule has 0 spiro atoms. The van der Waals surface area contributed by atoms with Crippen LogP contribution in [0.4, 0.5) is 0 Å². The highest BCUT2D eigenvalue weighted by Crippen LogP contribution is 2.19. The minimum Gasteiger partial charge on any atom is -0.355 e. The van der Waals surface area contributed by atoms with E-state index in [0.29, 0.717) is 0 Å². The third-order valence-corrected chi connectivity index (χ3v) is 4.66. The molecule has 0 saturated heterocycles. The Morgan fingerprint density at radius 1 is 1.22 bits per heavy atom. The highest BCUT2D eigenvalue weighted by molar-refractivity contribution is 14.0. The minimum atomic E-state index is 0. The van der Waals surface area contributed by atoms with E-state index in [-0.39, 0.29) is 28.7 Å². The van der Waals surface area contributed by atoms with Gasteiger partial charge in [0.15, 0.2) is 5.96 Å². The number of rotatable bonds is 7. The molecule has 2 N–H and O–H groups in total.